The van der Waals surface area contributed by atoms with Gasteiger partial charge in [0.05, 0.1) is 23.4 Å². The molecule has 8 nitrogen and oxygen atoms in total. The second kappa shape index (κ2) is 8.48. The topological polar surface area (TPSA) is 105 Å². The lowest BCUT2D eigenvalue weighted by Gasteiger charge is -2.30. The number of fused-ring (bicyclic) bond motifs is 3. The lowest BCUT2D eigenvalue weighted by Crippen LogP contribution is -2.35. The van der Waals surface area contributed by atoms with Crippen LogP contribution in [0.25, 0.3) is 0 Å². The van der Waals surface area contributed by atoms with Gasteiger partial charge in [-0.1, -0.05) is 18.0 Å². The maximum Gasteiger partial charge on any atom is 0.305 e. The average Bonchev–Trinajstić information content (AvgIpc) is 2.89. The largest absolute Gasteiger partial charge is 0.469 e. The minimum absolute atomic E-state index is 0.0118. The van der Waals surface area contributed by atoms with Crippen LogP contribution in [0.3, 0.4) is 0 Å². The Labute approximate surface area is 169 Å². The van der Waals surface area contributed by atoms with Crippen LogP contribution in [0.1, 0.15) is 48.9 Å². The van der Waals surface area contributed by atoms with E-state index in [9.17, 15) is 18.0 Å². The van der Waals surface area contributed by atoms with Crippen molar-refractivity contribution >= 4 is 45.0 Å². The Kier molecular flexibility index (Phi) is 6.24. The Morgan fingerprint density at radius 2 is 2.07 bits per heavy atom. The van der Waals surface area contributed by atoms with Gasteiger partial charge in [0.15, 0.2) is 0 Å². The predicted octanol–water partition coefficient (Wildman–Crippen LogP) is 2.50. The first kappa shape index (κ1) is 20.6. The number of ether oxygens (including phenoxy) is 1. The maximum atomic E-state index is 12.7. The summed E-state index contributed by atoms with van der Waals surface area (Å²) in [5.41, 5.74) is 0.537. The number of methoxy groups -OCH3 is 1. The van der Waals surface area contributed by atoms with E-state index in [-0.39, 0.29) is 34.4 Å². The summed E-state index contributed by atoms with van der Waals surface area (Å²) in [4.78, 5) is 25.4. The van der Waals surface area contributed by atoms with Crippen LogP contribution >= 0.6 is 11.6 Å². The molecule has 152 valence electrons. The van der Waals surface area contributed by atoms with Crippen LogP contribution in [0.4, 0.5) is 5.69 Å². The molecule has 0 saturated carbocycles. The van der Waals surface area contributed by atoms with Crippen molar-refractivity contribution in [2.75, 3.05) is 25.1 Å². The van der Waals surface area contributed by atoms with Gasteiger partial charge < -0.3 is 15.0 Å². The summed E-state index contributed by atoms with van der Waals surface area (Å²) < 4.78 is 33.8. The van der Waals surface area contributed by atoms with Crippen LogP contribution in [0.15, 0.2) is 21.4 Å². The summed E-state index contributed by atoms with van der Waals surface area (Å²) in [7, 11) is -2.60. The first-order chi connectivity index (χ1) is 13.3. The fourth-order valence-corrected chi connectivity index (χ4v) is 4.81. The number of hydrogen-bond donors (Lipinski definition) is 1. The highest BCUT2D eigenvalue weighted by molar-refractivity contribution is 7.90. The molecule has 0 aliphatic carbocycles. The van der Waals surface area contributed by atoms with E-state index < -0.39 is 15.9 Å². The zero-order chi connectivity index (χ0) is 20.3. The number of hydrogen-bond acceptors (Lipinski definition) is 6. The van der Waals surface area contributed by atoms with Gasteiger partial charge in [0.1, 0.15) is 10.7 Å². The molecule has 0 aromatic heterocycles. The minimum atomic E-state index is -3.89. The number of benzene rings is 1. The second-order valence-corrected chi connectivity index (χ2v) is 8.66. The van der Waals surface area contributed by atoms with Crippen molar-refractivity contribution in [1.29, 1.82) is 0 Å². The molecule has 1 aromatic carbocycles. The normalized spacial score (nSPS) is 17.6. The van der Waals surface area contributed by atoms with Crippen molar-refractivity contribution in [2.24, 2.45) is 4.40 Å². The molecule has 1 amide bonds. The third-order valence-electron chi connectivity index (χ3n) is 4.75. The molecule has 2 heterocycles. The van der Waals surface area contributed by atoms with E-state index in [4.69, 9.17) is 11.6 Å². The van der Waals surface area contributed by atoms with Gasteiger partial charge in [0.2, 0.25) is 0 Å². The molecule has 0 unspecified atom stereocenters. The highest BCUT2D eigenvalue weighted by atomic mass is 35.5. The summed E-state index contributed by atoms with van der Waals surface area (Å²) in [5.74, 6) is -0.335. The van der Waals surface area contributed by atoms with E-state index in [0.29, 0.717) is 30.9 Å². The highest BCUT2D eigenvalue weighted by Crippen LogP contribution is 2.37. The van der Waals surface area contributed by atoms with Gasteiger partial charge in [-0.25, -0.2) is 0 Å². The zero-order valence-corrected chi connectivity index (χ0v) is 17.1. The van der Waals surface area contributed by atoms with Crippen molar-refractivity contribution in [3.05, 3.63) is 22.7 Å². The fraction of sp³-hybridized carbons (Fsp3) is 0.500. The van der Waals surface area contributed by atoms with Crippen molar-refractivity contribution in [3.63, 3.8) is 0 Å². The van der Waals surface area contributed by atoms with Gasteiger partial charge in [0.25, 0.3) is 15.9 Å². The SMILES string of the molecule is COC(=O)CCCNC(=O)c1cc2c(cc1Cl)N1CCCCCC1=NS2(=O)=O. The van der Waals surface area contributed by atoms with Crippen LogP contribution in [0.5, 0.6) is 0 Å². The number of amides is 1. The Hall–Kier alpha value is -2.13. The summed E-state index contributed by atoms with van der Waals surface area (Å²) in [5, 5.41) is 2.82. The lowest BCUT2D eigenvalue weighted by molar-refractivity contribution is -0.140. The number of carbonyl (C=O) groups excluding carboxylic acids is 2. The van der Waals surface area contributed by atoms with E-state index in [1.165, 1.54) is 19.2 Å². The maximum absolute atomic E-state index is 12.7. The van der Waals surface area contributed by atoms with Gasteiger partial charge in [-0.3, -0.25) is 9.59 Å². The zero-order valence-electron chi connectivity index (χ0n) is 15.5. The minimum Gasteiger partial charge on any atom is -0.469 e. The molecular formula is C18H22ClN3O5S. The molecular weight excluding hydrogens is 406 g/mol. The van der Waals surface area contributed by atoms with Crippen molar-refractivity contribution in [3.8, 4) is 0 Å². The molecule has 1 N–H and O–H groups in total. The molecule has 2 aliphatic rings. The summed E-state index contributed by atoms with van der Waals surface area (Å²) in [6, 6.07) is 2.81. The van der Waals surface area contributed by atoms with Gasteiger partial charge in [-0.05, 0) is 31.4 Å². The summed E-state index contributed by atoms with van der Waals surface area (Å²) in [6.07, 6.45) is 4.00. The number of sulfonamides is 1. The Balaban J connectivity index is 1.84. The Morgan fingerprint density at radius 1 is 1.29 bits per heavy atom. The van der Waals surface area contributed by atoms with Gasteiger partial charge in [-0.15, -0.1) is 4.40 Å². The van der Waals surface area contributed by atoms with Gasteiger partial charge >= 0.3 is 5.97 Å². The molecule has 0 radical (unpaired) electrons. The number of carbonyl (C=O) groups is 2. The fourth-order valence-electron chi connectivity index (χ4n) is 3.30. The third kappa shape index (κ3) is 4.30. The molecule has 0 bridgehead atoms. The Bertz CT molecular complexity index is 929. The first-order valence-corrected chi connectivity index (χ1v) is 11.0. The number of halogens is 1. The van der Waals surface area contributed by atoms with Crippen LogP contribution in [0.2, 0.25) is 5.02 Å². The van der Waals surface area contributed by atoms with Gasteiger partial charge in [0, 0.05) is 25.9 Å². The van der Waals surface area contributed by atoms with E-state index in [0.717, 1.165) is 19.3 Å². The van der Waals surface area contributed by atoms with Crippen LogP contribution < -0.4 is 10.2 Å². The second-order valence-electron chi connectivity index (χ2n) is 6.68. The Morgan fingerprint density at radius 3 is 2.82 bits per heavy atom. The quantitative estimate of drug-likeness (QED) is 0.571. The number of rotatable bonds is 5. The monoisotopic (exact) mass is 427 g/mol. The highest BCUT2D eigenvalue weighted by Gasteiger charge is 2.33. The van der Waals surface area contributed by atoms with E-state index in [1.54, 1.807) is 0 Å². The molecule has 1 saturated heterocycles. The van der Waals surface area contributed by atoms with E-state index in [2.05, 4.69) is 14.5 Å². The smallest absolute Gasteiger partial charge is 0.305 e. The van der Waals surface area contributed by atoms with Crippen molar-refractivity contribution in [1.82, 2.24) is 5.32 Å². The average molecular weight is 428 g/mol. The predicted molar refractivity (Wildman–Crippen MR) is 105 cm³/mol. The van der Waals surface area contributed by atoms with Crippen molar-refractivity contribution < 1.29 is 22.7 Å². The molecule has 3 rings (SSSR count). The molecule has 0 spiro atoms. The van der Waals surface area contributed by atoms with Crippen LogP contribution in [0, 0.1) is 0 Å². The van der Waals surface area contributed by atoms with Crippen LogP contribution in [-0.4, -0.2) is 46.3 Å². The lowest BCUT2D eigenvalue weighted by atomic mass is 10.1. The number of nitrogens with one attached hydrogen (secondary N) is 1. The van der Waals surface area contributed by atoms with Crippen LogP contribution in [-0.2, 0) is 19.6 Å². The number of esters is 1. The summed E-state index contributed by atoms with van der Waals surface area (Å²) in [6.45, 7) is 0.902. The van der Waals surface area contributed by atoms with E-state index in [1.807, 2.05) is 4.90 Å². The standard InChI is InChI=1S/C18H22ClN3O5S/c1-27-17(23)7-5-8-20-18(24)12-10-15-14(11-13(12)19)22-9-4-2-3-6-16(22)21-28(15,25)26/h10-11H,2-9H2,1H3,(H,20,24). The number of nitrogens with zero attached hydrogens (tertiary/aromatic N) is 2. The third-order valence-corrected chi connectivity index (χ3v) is 6.40. The van der Waals surface area contributed by atoms with E-state index >= 15 is 0 Å². The summed E-state index contributed by atoms with van der Waals surface area (Å²) >= 11 is 6.31. The molecule has 10 heteroatoms. The van der Waals surface area contributed by atoms with Gasteiger partial charge in [-0.2, -0.15) is 8.42 Å². The molecule has 1 aromatic rings. The number of anilines is 1. The van der Waals surface area contributed by atoms with Crippen molar-refractivity contribution in [2.45, 2.75) is 43.4 Å². The molecule has 2 aliphatic heterocycles. The molecule has 28 heavy (non-hydrogen) atoms. The first-order valence-electron chi connectivity index (χ1n) is 9.13. The number of amidine groups is 1. The molecule has 1 fully saturated rings. The molecule has 0 atom stereocenters.